The molecule has 1 aliphatic rings. The van der Waals surface area contributed by atoms with Gasteiger partial charge in [-0.15, -0.1) is 0 Å². The summed E-state index contributed by atoms with van der Waals surface area (Å²) in [6.07, 6.45) is 2.51. The van der Waals surface area contributed by atoms with Crippen molar-refractivity contribution in [3.63, 3.8) is 0 Å². The minimum absolute atomic E-state index is 0.0308. The first-order valence-electron chi connectivity index (χ1n) is 6.66. The summed E-state index contributed by atoms with van der Waals surface area (Å²) in [5, 5.41) is 0. The maximum absolute atomic E-state index is 12.0. The Kier molecular flexibility index (Phi) is 3.98. The standard InChI is InChI=1S/C15H21NO3/c1-10(2)18-13-8-5-11(15(17)16(3)4)9-14(13)19-12-6-7-12/h5,8-10,12H,6-7H2,1-4H3. The van der Waals surface area contributed by atoms with E-state index in [0.717, 1.165) is 12.8 Å². The molecule has 0 atom stereocenters. The van der Waals surface area contributed by atoms with Gasteiger partial charge in [-0.2, -0.15) is 0 Å². The van der Waals surface area contributed by atoms with Gasteiger partial charge in [0, 0.05) is 19.7 Å². The van der Waals surface area contributed by atoms with E-state index in [2.05, 4.69) is 0 Å². The molecule has 0 heterocycles. The van der Waals surface area contributed by atoms with Crippen LogP contribution in [0.4, 0.5) is 0 Å². The molecule has 0 bridgehead atoms. The van der Waals surface area contributed by atoms with Crippen LogP contribution >= 0.6 is 0 Å². The van der Waals surface area contributed by atoms with E-state index in [1.807, 2.05) is 19.9 Å². The van der Waals surface area contributed by atoms with Crippen molar-refractivity contribution in [1.82, 2.24) is 4.90 Å². The summed E-state index contributed by atoms with van der Waals surface area (Å²) >= 11 is 0. The summed E-state index contributed by atoms with van der Waals surface area (Å²) in [6, 6.07) is 5.37. The zero-order chi connectivity index (χ0) is 14.0. The third-order valence-corrected chi connectivity index (χ3v) is 2.78. The molecule has 0 unspecified atom stereocenters. The SMILES string of the molecule is CC(C)Oc1ccc(C(=O)N(C)C)cc1OC1CC1. The fourth-order valence-electron chi connectivity index (χ4n) is 1.71. The molecule has 1 saturated carbocycles. The highest BCUT2D eigenvalue weighted by molar-refractivity contribution is 5.94. The monoisotopic (exact) mass is 263 g/mol. The summed E-state index contributed by atoms with van der Waals surface area (Å²) in [6.45, 7) is 3.94. The van der Waals surface area contributed by atoms with E-state index in [-0.39, 0.29) is 18.1 Å². The summed E-state index contributed by atoms with van der Waals surface area (Å²) in [5.41, 5.74) is 0.622. The van der Waals surface area contributed by atoms with Gasteiger partial charge in [0.25, 0.3) is 5.91 Å². The molecular weight excluding hydrogens is 242 g/mol. The average Bonchev–Trinajstić information content (AvgIpc) is 3.13. The van der Waals surface area contributed by atoms with Crippen molar-refractivity contribution in [2.75, 3.05) is 14.1 Å². The third-order valence-electron chi connectivity index (χ3n) is 2.78. The van der Waals surface area contributed by atoms with Crippen LogP contribution in [0.1, 0.15) is 37.0 Å². The van der Waals surface area contributed by atoms with Crippen LogP contribution in [0.15, 0.2) is 18.2 Å². The smallest absolute Gasteiger partial charge is 0.253 e. The van der Waals surface area contributed by atoms with Crippen molar-refractivity contribution in [2.45, 2.75) is 38.9 Å². The molecular formula is C15H21NO3. The fraction of sp³-hybridized carbons (Fsp3) is 0.533. The second-order valence-electron chi connectivity index (χ2n) is 5.34. The van der Waals surface area contributed by atoms with Crippen LogP contribution in [0.5, 0.6) is 11.5 Å². The molecule has 1 amide bonds. The summed E-state index contributed by atoms with van der Waals surface area (Å²) in [7, 11) is 3.48. The molecule has 0 N–H and O–H groups in total. The van der Waals surface area contributed by atoms with E-state index in [4.69, 9.17) is 9.47 Å². The van der Waals surface area contributed by atoms with Gasteiger partial charge in [-0.05, 0) is 44.9 Å². The van der Waals surface area contributed by atoms with Gasteiger partial charge < -0.3 is 14.4 Å². The molecule has 0 aromatic heterocycles. The first kappa shape index (κ1) is 13.7. The zero-order valence-corrected chi connectivity index (χ0v) is 12.0. The summed E-state index contributed by atoms with van der Waals surface area (Å²) in [4.78, 5) is 13.5. The molecule has 1 aromatic carbocycles. The highest BCUT2D eigenvalue weighted by atomic mass is 16.5. The number of amides is 1. The molecule has 1 aromatic rings. The molecule has 0 radical (unpaired) electrons. The Hall–Kier alpha value is -1.71. The summed E-state index contributed by atoms with van der Waals surface area (Å²) < 4.78 is 11.6. The first-order chi connectivity index (χ1) is 8.97. The molecule has 4 nitrogen and oxygen atoms in total. The molecule has 0 aliphatic heterocycles. The number of ether oxygens (including phenoxy) is 2. The van der Waals surface area contributed by atoms with Gasteiger partial charge in [-0.1, -0.05) is 0 Å². The largest absolute Gasteiger partial charge is 0.487 e. The molecule has 19 heavy (non-hydrogen) atoms. The second kappa shape index (κ2) is 5.51. The lowest BCUT2D eigenvalue weighted by molar-refractivity contribution is 0.0827. The van der Waals surface area contributed by atoms with Crippen LogP contribution in [-0.2, 0) is 0 Å². The molecule has 1 aliphatic carbocycles. The van der Waals surface area contributed by atoms with E-state index in [1.165, 1.54) is 0 Å². The second-order valence-corrected chi connectivity index (χ2v) is 5.34. The van der Waals surface area contributed by atoms with Crippen LogP contribution in [0, 0.1) is 0 Å². The van der Waals surface area contributed by atoms with E-state index in [9.17, 15) is 4.79 Å². The number of carbonyl (C=O) groups excluding carboxylic acids is 1. The predicted octanol–water partition coefficient (Wildman–Crippen LogP) is 2.72. The highest BCUT2D eigenvalue weighted by Crippen LogP contribution is 2.35. The molecule has 104 valence electrons. The van der Waals surface area contributed by atoms with E-state index in [1.54, 1.807) is 31.1 Å². The number of hydrogen-bond acceptors (Lipinski definition) is 3. The summed E-state index contributed by atoms with van der Waals surface area (Å²) in [5.74, 6) is 1.35. The number of benzene rings is 1. The zero-order valence-electron chi connectivity index (χ0n) is 12.0. The fourth-order valence-corrected chi connectivity index (χ4v) is 1.71. The lowest BCUT2D eigenvalue weighted by atomic mass is 10.2. The Labute approximate surface area is 114 Å². The number of carbonyl (C=O) groups is 1. The maximum Gasteiger partial charge on any atom is 0.253 e. The Morgan fingerprint density at radius 2 is 1.95 bits per heavy atom. The van der Waals surface area contributed by atoms with Crippen LogP contribution in [0.3, 0.4) is 0 Å². The number of hydrogen-bond donors (Lipinski definition) is 0. The first-order valence-corrected chi connectivity index (χ1v) is 6.66. The van der Waals surface area contributed by atoms with Crippen molar-refractivity contribution in [1.29, 1.82) is 0 Å². The Morgan fingerprint density at radius 3 is 2.47 bits per heavy atom. The normalized spacial score (nSPS) is 14.4. The Bertz CT molecular complexity index is 464. The van der Waals surface area contributed by atoms with Crippen LogP contribution in [-0.4, -0.2) is 37.1 Å². The molecule has 2 rings (SSSR count). The van der Waals surface area contributed by atoms with Gasteiger partial charge >= 0.3 is 0 Å². The van der Waals surface area contributed by atoms with Gasteiger partial charge in [-0.3, -0.25) is 4.79 Å². The number of nitrogens with zero attached hydrogens (tertiary/aromatic N) is 1. The molecule has 0 saturated heterocycles. The lowest BCUT2D eigenvalue weighted by Gasteiger charge is -2.17. The highest BCUT2D eigenvalue weighted by Gasteiger charge is 2.25. The minimum Gasteiger partial charge on any atom is -0.487 e. The molecule has 1 fully saturated rings. The Morgan fingerprint density at radius 1 is 1.26 bits per heavy atom. The maximum atomic E-state index is 12.0. The topological polar surface area (TPSA) is 38.8 Å². The van der Waals surface area contributed by atoms with Crippen molar-refractivity contribution >= 4 is 5.91 Å². The van der Waals surface area contributed by atoms with Gasteiger partial charge in [0.1, 0.15) is 0 Å². The van der Waals surface area contributed by atoms with Gasteiger partial charge in [-0.25, -0.2) is 0 Å². The lowest BCUT2D eigenvalue weighted by Crippen LogP contribution is -2.21. The predicted molar refractivity (Wildman–Crippen MR) is 73.9 cm³/mol. The third kappa shape index (κ3) is 3.63. The minimum atomic E-state index is -0.0308. The van der Waals surface area contributed by atoms with Crippen LogP contribution in [0.2, 0.25) is 0 Å². The van der Waals surface area contributed by atoms with Gasteiger partial charge in [0.05, 0.1) is 12.2 Å². The van der Waals surface area contributed by atoms with E-state index in [0.29, 0.717) is 17.1 Å². The van der Waals surface area contributed by atoms with E-state index < -0.39 is 0 Å². The van der Waals surface area contributed by atoms with E-state index >= 15 is 0 Å². The van der Waals surface area contributed by atoms with Crippen molar-refractivity contribution in [3.05, 3.63) is 23.8 Å². The molecule has 0 spiro atoms. The van der Waals surface area contributed by atoms with Crippen LogP contribution < -0.4 is 9.47 Å². The van der Waals surface area contributed by atoms with Crippen molar-refractivity contribution in [2.24, 2.45) is 0 Å². The quantitative estimate of drug-likeness (QED) is 0.820. The average molecular weight is 263 g/mol. The molecule has 4 heteroatoms. The van der Waals surface area contributed by atoms with Gasteiger partial charge in [0.2, 0.25) is 0 Å². The van der Waals surface area contributed by atoms with Gasteiger partial charge in [0.15, 0.2) is 11.5 Å². The van der Waals surface area contributed by atoms with Crippen molar-refractivity contribution in [3.8, 4) is 11.5 Å². The van der Waals surface area contributed by atoms with Crippen LogP contribution in [0.25, 0.3) is 0 Å². The Balaban J connectivity index is 2.26. The number of rotatable bonds is 5. The van der Waals surface area contributed by atoms with Crippen molar-refractivity contribution < 1.29 is 14.3 Å².